The number of benzene rings is 1. The van der Waals surface area contributed by atoms with E-state index in [1.165, 1.54) is 38.4 Å². The summed E-state index contributed by atoms with van der Waals surface area (Å²) in [5.74, 6) is -0.0761. The number of nitrogens with zero attached hydrogens (tertiary/aromatic N) is 3. The first-order valence-corrected chi connectivity index (χ1v) is 12.2. The van der Waals surface area contributed by atoms with Crippen molar-refractivity contribution in [3.05, 3.63) is 35.7 Å². The van der Waals surface area contributed by atoms with Crippen molar-refractivity contribution in [1.82, 2.24) is 25.1 Å². The van der Waals surface area contributed by atoms with Crippen LogP contribution < -0.4 is 10.6 Å². The maximum atomic E-state index is 12.3. The molecule has 0 spiro atoms. The first kappa shape index (κ1) is 23.2. The summed E-state index contributed by atoms with van der Waals surface area (Å²) in [5.41, 5.74) is 0.301. The summed E-state index contributed by atoms with van der Waals surface area (Å²) in [6, 6.07) is 5.89. The van der Waals surface area contributed by atoms with E-state index in [-0.39, 0.29) is 40.3 Å². The maximum Gasteiger partial charge on any atom is 0.277 e. The molecule has 0 unspecified atom stereocenters. The predicted molar refractivity (Wildman–Crippen MR) is 114 cm³/mol. The SMILES string of the molecule is CN(C)S(=O)(=O)c1ccc(C(=O)NCc2nnc(SCC(=O)NC3CCCC3)o2)cc1. The van der Waals surface area contributed by atoms with Crippen molar-refractivity contribution in [2.45, 2.75) is 48.4 Å². The van der Waals surface area contributed by atoms with E-state index >= 15 is 0 Å². The minimum Gasteiger partial charge on any atom is -0.414 e. The summed E-state index contributed by atoms with van der Waals surface area (Å²) in [7, 11) is -0.674. The van der Waals surface area contributed by atoms with Crippen LogP contribution >= 0.6 is 11.8 Å². The van der Waals surface area contributed by atoms with Gasteiger partial charge >= 0.3 is 0 Å². The standard InChI is InChI=1S/C19H25N5O5S2/c1-24(2)31(27,28)15-9-7-13(8-10-15)18(26)20-11-17-22-23-19(29-17)30-12-16(25)21-14-5-3-4-6-14/h7-10,14H,3-6,11-12H2,1-2H3,(H,20,26)(H,21,25). The van der Waals surface area contributed by atoms with E-state index < -0.39 is 15.9 Å². The van der Waals surface area contributed by atoms with Crippen LogP contribution in [0.25, 0.3) is 0 Å². The second kappa shape index (κ2) is 10.2. The molecule has 0 atom stereocenters. The lowest BCUT2D eigenvalue weighted by Crippen LogP contribution is -2.33. The van der Waals surface area contributed by atoms with Gasteiger partial charge < -0.3 is 15.1 Å². The molecular formula is C19H25N5O5S2. The summed E-state index contributed by atoms with van der Waals surface area (Å²) < 4.78 is 30.7. The van der Waals surface area contributed by atoms with E-state index in [2.05, 4.69) is 20.8 Å². The number of sulfonamides is 1. The molecule has 1 aromatic heterocycles. The second-order valence-electron chi connectivity index (χ2n) is 7.29. The third-order valence-corrected chi connectivity index (χ3v) is 7.44. The Morgan fingerprint density at radius 1 is 1.16 bits per heavy atom. The highest BCUT2D eigenvalue weighted by molar-refractivity contribution is 7.99. The number of rotatable bonds is 9. The van der Waals surface area contributed by atoms with Crippen LogP contribution in [0.2, 0.25) is 0 Å². The highest BCUT2D eigenvalue weighted by Crippen LogP contribution is 2.19. The van der Waals surface area contributed by atoms with Crippen molar-refractivity contribution in [2.75, 3.05) is 19.8 Å². The molecule has 168 valence electrons. The van der Waals surface area contributed by atoms with Crippen LogP contribution in [0.1, 0.15) is 41.9 Å². The molecular weight excluding hydrogens is 442 g/mol. The number of amides is 2. The third-order valence-electron chi connectivity index (χ3n) is 4.79. The number of carbonyl (C=O) groups excluding carboxylic acids is 2. The zero-order chi connectivity index (χ0) is 22.4. The Balaban J connectivity index is 1.46. The lowest BCUT2D eigenvalue weighted by molar-refractivity contribution is -0.119. The fourth-order valence-corrected chi connectivity index (χ4v) is 4.58. The zero-order valence-corrected chi connectivity index (χ0v) is 19.0. The topological polar surface area (TPSA) is 134 Å². The molecule has 2 N–H and O–H groups in total. The molecule has 1 aliphatic rings. The normalized spacial score (nSPS) is 14.7. The first-order chi connectivity index (χ1) is 14.8. The minimum atomic E-state index is -3.55. The molecule has 0 aliphatic heterocycles. The average molecular weight is 468 g/mol. The van der Waals surface area contributed by atoms with Gasteiger partial charge in [0.15, 0.2) is 0 Å². The second-order valence-corrected chi connectivity index (χ2v) is 10.4. The largest absolute Gasteiger partial charge is 0.414 e. The molecule has 1 aliphatic carbocycles. The maximum absolute atomic E-state index is 12.3. The van der Waals surface area contributed by atoms with Crippen LogP contribution in [-0.2, 0) is 21.4 Å². The Morgan fingerprint density at radius 2 is 1.84 bits per heavy atom. The monoisotopic (exact) mass is 467 g/mol. The van der Waals surface area contributed by atoms with Crippen molar-refractivity contribution >= 4 is 33.6 Å². The van der Waals surface area contributed by atoms with E-state index in [0.717, 1.165) is 41.8 Å². The van der Waals surface area contributed by atoms with Crippen LogP contribution in [0, 0.1) is 0 Å². The van der Waals surface area contributed by atoms with Crippen LogP contribution in [-0.4, -0.2) is 60.6 Å². The summed E-state index contributed by atoms with van der Waals surface area (Å²) >= 11 is 1.14. The van der Waals surface area contributed by atoms with Gasteiger partial charge in [-0.05, 0) is 37.1 Å². The van der Waals surface area contributed by atoms with Gasteiger partial charge in [0.25, 0.3) is 11.1 Å². The fraction of sp³-hybridized carbons (Fsp3) is 0.474. The predicted octanol–water partition coefficient (Wildman–Crippen LogP) is 1.40. The van der Waals surface area contributed by atoms with Gasteiger partial charge in [-0.15, -0.1) is 10.2 Å². The van der Waals surface area contributed by atoms with Crippen molar-refractivity contribution in [3.8, 4) is 0 Å². The average Bonchev–Trinajstić information content (AvgIpc) is 3.42. The van der Waals surface area contributed by atoms with Crippen molar-refractivity contribution in [2.24, 2.45) is 0 Å². The number of carbonyl (C=O) groups is 2. The molecule has 0 radical (unpaired) electrons. The van der Waals surface area contributed by atoms with Crippen molar-refractivity contribution < 1.29 is 22.4 Å². The smallest absolute Gasteiger partial charge is 0.277 e. The van der Waals surface area contributed by atoms with Crippen LogP contribution in [0.4, 0.5) is 0 Å². The van der Waals surface area contributed by atoms with E-state index in [1.807, 2.05) is 0 Å². The Bertz CT molecular complexity index is 1010. The Morgan fingerprint density at radius 3 is 2.48 bits per heavy atom. The summed E-state index contributed by atoms with van der Waals surface area (Å²) in [5, 5.41) is 13.6. The fourth-order valence-electron chi connectivity index (χ4n) is 3.08. The van der Waals surface area contributed by atoms with Crippen LogP contribution in [0.3, 0.4) is 0 Å². The third kappa shape index (κ3) is 6.28. The molecule has 2 aromatic rings. The van der Waals surface area contributed by atoms with Crippen molar-refractivity contribution in [1.29, 1.82) is 0 Å². The van der Waals surface area contributed by atoms with E-state index in [1.54, 1.807) is 0 Å². The van der Waals surface area contributed by atoms with Gasteiger partial charge in [0.2, 0.25) is 21.8 Å². The Hall–Kier alpha value is -2.44. The van der Waals surface area contributed by atoms with Crippen LogP contribution in [0.15, 0.2) is 38.8 Å². The highest BCUT2D eigenvalue weighted by atomic mass is 32.2. The first-order valence-electron chi connectivity index (χ1n) is 9.81. The number of thioether (sulfide) groups is 1. The molecule has 1 saturated carbocycles. The summed E-state index contributed by atoms with van der Waals surface area (Å²) in [4.78, 5) is 24.3. The quantitative estimate of drug-likeness (QED) is 0.529. The molecule has 1 fully saturated rings. The lowest BCUT2D eigenvalue weighted by Gasteiger charge is -2.11. The van der Waals surface area contributed by atoms with E-state index in [9.17, 15) is 18.0 Å². The molecule has 10 nitrogen and oxygen atoms in total. The lowest BCUT2D eigenvalue weighted by atomic mass is 10.2. The van der Waals surface area contributed by atoms with Gasteiger partial charge in [-0.1, -0.05) is 24.6 Å². The summed E-state index contributed by atoms with van der Waals surface area (Å²) in [6.07, 6.45) is 4.34. The number of hydrogen-bond donors (Lipinski definition) is 2. The van der Waals surface area contributed by atoms with E-state index in [4.69, 9.17) is 4.42 Å². The highest BCUT2D eigenvalue weighted by Gasteiger charge is 2.19. The van der Waals surface area contributed by atoms with Gasteiger partial charge in [-0.25, -0.2) is 12.7 Å². The molecule has 2 amide bonds. The molecule has 1 aromatic carbocycles. The Kier molecular flexibility index (Phi) is 7.68. The molecule has 1 heterocycles. The van der Waals surface area contributed by atoms with Gasteiger partial charge in [-0.3, -0.25) is 9.59 Å². The molecule has 0 saturated heterocycles. The molecule has 3 rings (SSSR count). The van der Waals surface area contributed by atoms with Gasteiger partial charge in [0, 0.05) is 25.7 Å². The number of hydrogen-bond acceptors (Lipinski definition) is 8. The van der Waals surface area contributed by atoms with Gasteiger partial charge in [0.1, 0.15) is 0 Å². The number of nitrogens with one attached hydrogen (secondary N) is 2. The minimum absolute atomic E-state index is 0.0123. The van der Waals surface area contributed by atoms with Crippen molar-refractivity contribution in [3.63, 3.8) is 0 Å². The van der Waals surface area contributed by atoms with Gasteiger partial charge in [0.05, 0.1) is 17.2 Å². The van der Waals surface area contributed by atoms with Crippen LogP contribution in [0.5, 0.6) is 0 Å². The Labute approximate surface area is 185 Å². The van der Waals surface area contributed by atoms with E-state index in [0.29, 0.717) is 5.56 Å². The zero-order valence-electron chi connectivity index (χ0n) is 17.3. The van der Waals surface area contributed by atoms with Gasteiger partial charge in [-0.2, -0.15) is 0 Å². The summed E-state index contributed by atoms with van der Waals surface area (Å²) in [6.45, 7) is 0.0123. The molecule has 12 heteroatoms. The molecule has 0 bridgehead atoms. The number of aromatic nitrogens is 2. The molecule has 31 heavy (non-hydrogen) atoms.